The van der Waals surface area contributed by atoms with Crippen LogP contribution in [0.15, 0.2) is 48.5 Å². The molecule has 0 radical (unpaired) electrons. The highest BCUT2D eigenvalue weighted by atomic mass is 16.1. The summed E-state index contributed by atoms with van der Waals surface area (Å²) in [4.78, 5) is 14.3. The first kappa shape index (κ1) is 14.9. The zero-order chi connectivity index (χ0) is 15.2. The molecule has 21 heavy (non-hydrogen) atoms. The summed E-state index contributed by atoms with van der Waals surface area (Å²) < 4.78 is 0. The molecule has 0 heterocycles. The minimum Gasteiger partial charge on any atom is -0.398 e. The van der Waals surface area contributed by atoms with Crippen molar-refractivity contribution >= 4 is 17.3 Å². The molecule has 0 atom stereocenters. The molecule has 0 spiro atoms. The number of anilines is 2. The number of nitrogens with two attached hydrogens (primary N) is 1. The van der Waals surface area contributed by atoms with E-state index >= 15 is 0 Å². The van der Waals surface area contributed by atoms with Crippen LogP contribution in [0, 0.1) is 6.92 Å². The van der Waals surface area contributed by atoms with Crippen molar-refractivity contribution in [3.63, 3.8) is 0 Å². The number of nitrogens with zero attached hydrogens (tertiary/aromatic N) is 1. The van der Waals surface area contributed by atoms with E-state index in [-0.39, 0.29) is 5.91 Å². The number of nitrogens with one attached hydrogen (secondary N) is 1. The standard InChI is InChI=1S/C17H21N3O/c1-13-7-6-10-15(18)16(13)17(21)19-11-12-20(2)14-8-4-3-5-9-14/h3-10H,11-12,18H2,1-2H3,(H,19,21). The number of para-hydroxylation sites is 1. The minimum atomic E-state index is -0.118. The molecule has 0 unspecified atom stereocenters. The zero-order valence-electron chi connectivity index (χ0n) is 12.5. The second-order valence-corrected chi connectivity index (χ2v) is 5.05. The Balaban J connectivity index is 1.90. The van der Waals surface area contributed by atoms with Crippen molar-refractivity contribution in [2.75, 3.05) is 30.8 Å². The van der Waals surface area contributed by atoms with Gasteiger partial charge in [0, 0.05) is 31.5 Å². The number of carbonyl (C=O) groups is 1. The molecule has 3 N–H and O–H groups in total. The van der Waals surface area contributed by atoms with Crippen LogP contribution in [-0.4, -0.2) is 26.0 Å². The molecule has 0 aromatic heterocycles. The van der Waals surface area contributed by atoms with E-state index in [4.69, 9.17) is 5.73 Å². The van der Waals surface area contributed by atoms with Crippen molar-refractivity contribution in [1.29, 1.82) is 0 Å². The second-order valence-electron chi connectivity index (χ2n) is 5.05. The maximum Gasteiger partial charge on any atom is 0.253 e. The Morgan fingerprint density at radius 1 is 1.14 bits per heavy atom. The summed E-state index contributed by atoms with van der Waals surface area (Å²) >= 11 is 0. The van der Waals surface area contributed by atoms with Crippen LogP contribution in [0.3, 0.4) is 0 Å². The second kappa shape index (κ2) is 6.79. The van der Waals surface area contributed by atoms with Gasteiger partial charge in [0.15, 0.2) is 0 Å². The molecule has 2 aromatic carbocycles. The number of hydrogen-bond acceptors (Lipinski definition) is 3. The van der Waals surface area contributed by atoms with Gasteiger partial charge in [-0.2, -0.15) is 0 Å². The van der Waals surface area contributed by atoms with Gasteiger partial charge in [-0.25, -0.2) is 0 Å². The van der Waals surface area contributed by atoms with Gasteiger partial charge >= 0.3 is 0 Å². The summed E-state index contributed by atoms with van der Waals surface area (Å²) in [5, 5.41) is 2.92. The SMILES string of the molecule is Cc1cccc(N)c1C(=O)NCCN(C)c1ccccc1. The Morgan fingerprint density at radius 3 is 2.52 bits per heavy atom. The predicted molar refractivity (Wildman–Crippen MR) is 87.6 cm³/mol. The highest BCUT2D eigenvalue weighted by Gasteiger charge is 2.12. The Labute approximate surface area is 125 Å². The minimum absolute atomic E-state index is 0.118. The lowest BCUT2D eigenvalue weighted by molar-refractivity contribution is 0.0955. The number of rotatable bonds is 5. The van der Waals surface area contributed by atoms with Gasteiger partial charge in [0.05, 0.1) is 5.56 Å². The van der Waals surface area contributed by atoms with E-state index in [0.29, 0.717) is 17.8 Å². The third-order valence-corrected chi connectivity index (χ3v) is 3.46. The van der Waals surface area contributed by atoms with Crippen LogP contribution in [0.2, 0.25) is 0 Å². The molecule has 4 heteroatoms. The van der Waals surface area contributed by atoms with Gasteiger partial charge in [0.25, 0.3) is 5.91 Å². The molecule has 0 aliphatic carbocycles. The number of nitrogen functional groups attached to an aromatic ring is 1. The first-order chi connectivity index (χ1) is 10.1. The van der Waals surface area contributed by atoms with E-state index < -0.39 is 0 Å². The average Bonchev–Trinajstić information content (AvgIpc) is 2.48. The van der Waals surface area contributed by atoms with Gasteiger partial charge in [-0.05, 0) is 30.7 Å². The maximum atomic E-state index is 12.2. The number of hydrogen-bond donors (Lipinski definition) is 2. The number of carbonyl (C=O) groups excluding carboxylic acids is 1. The Morgan fingerprint density at radius 2 is 1.86 bits per heavy atom. The molecule has 0 saturated heterocycles. The fraction of sp³-hybridized carbons (Fsp3) is 0.235. The van der Waals surface area contributed by atoms with Gasteiger partial charge in [0.1, 0.15) is 0 Å². The smallest absolute Gasteiger partial charge is 0.253 e. The lowest BCUT2D eigenvalue weighted by Crippen LogP contribution is -2.33. The highest BCUT2D eigenvalue weighted by molar-refractivity contribution is 6.00. The molecule has 4 nitrogen and oxygen atoms in total. The van der Waals surface area contributed by atoms with Crippen LogP contribution in [0.1, 0.15) is 15.9 Å². The van der Waals surface area contributed by atoms with Crippen molar-refractivity contribution in [2.45, 2.75) is 6.92 Å². The van der Waals surface area contributed by atoms with Crippen molar-refractivity contribution in [2.24, 2.45) is 0 Å². The van der Waals surface area contributed by atoms with E-state index in [9.17, 15) is 4.79 Å². The monoisotopic (exact) mass is 283 g/mol. The normalized spacial score (nSPS) is 10.2. The van der Waals surface area contributed by atoms with Crippen LogP contribution in [0.4, 0.5) is 11.4 Å². The molecular weight excluding hydrogens is 262 g/mol. The maximum absolute atomic E-state index is 12.2. The molecule has 0 aliphatic rings. The molecule has 0 aliphatic heterocycles. The molecule has 2 aromatic rings. The fourth-order valence-corrected chi connectivity index (χ4v) is 2.24. The van der Waals surface area contributed by atoms with Gasteiger partial charge in [0.2, 0.25) is 0 Å². The quantitative estimate of drug-likeness (QED) is 0.829. The summed E-state index contributed by atoms with van der Waals surface area (Å²) in [7, 11) is 2.00. The molecule has 0 saturated carbocycles. The lowest BCUT2D eigenvalue weighted by Gasteiger charge is -2.19. The highest BCUT2D eigenvalue weighted by Crippen LogP contribution is 2.15. The topological polar surface area (TPSA) is 58.4 Å². The van der Waals surface area contributed by atoms with Gasteiger partial charge in [-0.3, -0.25) is 4.79 Å². The molecule has 0 fully saturated rings. The van der Waals surface area contributed by atoms with Crippen LogP contribution in [-0.2, 0) is 0 Å². The molecule has 0 bridgehead atoms. The molecule has 110 valence electrons. The van der Waals surface area contributed by atoms with Crippen LogP contribution in [0.25, 0.3) is 0 Å². The number of likely N-dealkylation sites (N-methyl/N-ethyl adjacent to an activating group) is 1. The van der Waals surface area contributed by atoms with E-state index in [1.165, 1.54) is 0 Å². The van der Waals surface area contributed by atoms with Crippen LogP contribution < -0.4 is 16.0 Å². The van der Waals surface area contributed by atoms with Gasteiger partial charge < -0.3 is 16.0 Å². The van der Waals surface area contributed by atoms with Crippen molar-refractivity contribution in [3.05, 3.63) is 59.7 Å². The summed E-state index contributed by atoms with van der Waals surface area (Å²) in [6.45, 7) is 3.20. The Bertz CT molecular complexity index is 590. The predicted octanol–water partition coefficient (Wildman–Crippen LogP) is 2.44. The average molecular weight is 283 g/mol. The summed E-state index contributed by atoms with van der Waals surface area (Å²) in [6, 6.07) is 15.6. The number of aryl methyl sites for hydroxylation is 1. The van der Waals surface area contributed by atoms with Gasteiger partial charge in [-0.1, -0.05) is 30.3 Å². The van der Waals surface area contributed by atoms with E-state index in [0.717, 1.165) is 17.8 Å². The summed E-state index contributed by atoms with van der Waals surface area (Å²) in [5.41, 5.74) is 8.98. The Kier molecular flexibility index (Phi) is 4.82. The molecule has 2 rings (SSSR count). The molecular formula is C17H21N3O. The third-order valence-electron chi connectivity index (χ3n) is 3.46. The van der Waals surface area contributed by atoms with Crippen molar-refractivity contribution in [1.82, 2.24) is 5.32 Å². The van der Waals surface area contributed by atoms with E-state index in [2.05, 4.69) is 10.2 Å². The zero-order valence-corrected chi connectivity index (χ0v) is 12.5. The fourth-order valence-electron chi connectivity index (χ4n) is 2.24. The lowest BCUT2D eigenvalue weighted by atomic mass is 10.1. The number of benzene rings is 2. The number of amides is 1. The Hall–Kier alpha value is -2.49. The van der Waals surface area contributed by atoms with Crippen LogP contribution in [0.5, 0.6) is 0 Å². The van der Waals surface area contributed by atoms with E-state index in [1.807, 2.05) is 56.4 Å². The first-order valence-electron chi connectivity index (χ1n) is 6.99. The molecule has 1 amide bonds. The largest absolute Gasteiger partial charge is 0.398 e. The summed E-state index contributed by atoms with van der Waals surface area (Å²) in [6.07, 6.45) is 0. The first-order valence-corrected chi connectivity index (χ1v) is 6.99. The van der Waals surface area contributed by atoms with Gasteiger partial charge in [-0.15, -0.1) is 0 Å². The van der Waals surface area contributed by atoms with Crippen molar-refractivity contribution in [3.8, 4) is 0 Å². The summed E-state index contributed by atoms with van der Waals surface area (Å²) in [5.74, 6) is -0.118. The third kappa shape index (κ3) is 3.75. The van der Waals surface area contributed by atoms with Crippen molar-refractivity contribution < 1.29 is 4.79 Å². The van der Waals surface area contributed by atoms with E-state index in [1.54, 1.807) is 6.07 Å². The van der Waals surface area contributed by atoms with Crippen LogP contribution >= 0.6 is 0 Å².